The summed E-state index contributed by atoms with van der Waals surface area (Å²) in [5.41, 5.74) is 11.4. The van der Waals surface area contributed by atoms with Crippen molar-refractivity contribution in [3.63, 3.8) is 0 Å². The van der Waals surface area contributed by atoms with Crippen LogP contribution in [0.25, 0.3) is 22.0 Å². The van der Waals surface area contributed by atoms with Gasteiger partial charge in [-0.1, -0.05) is 36.1 Å². The molecular weight excluding hydrogens is 358 g/mol. The molecule has 4 heteroatoms. The van der Waals surface area contributed by atoms with Crippen LogP contribution in [0.2, 0.25) is 0 Å². The van der Waals surface area contributed by atoms with Gasteiger partial charge in [-0.3, -0.25) is 0 Å². The summed E-state index contributed by atoms with van der Waals surface area (Å²) in [6, 6.07) is 16.8. The number of nitrogens with zero attached hydrogens (tertiary/aromatic N) is 2. The van der Waals surface area contributed by atoms with Crippen LogP contribution in [0, 0.1) is 17.3 Å². The van der Waals surface area contributed by atoms with E-state index in [1.807, 2.05) is 12.1 Å². The second-order valence-electron chi connectivity index (χ2n) is 8.45. The molecule has 1 aliphatic rings. The number of aromatic nitrogens is 1. The Labute approximate surface area is 172 Å². The maximum Gasteiger partial charge on any atom is 0.147 e. The summed E-state index contributed by atoms with van der Waals surface area (Å²) in [4.78, 5) is 6.89. The number of nitrogen functional groups attached to an aromatic ring is 1. The van der Waals surface area contributed by atoms with Gasteiger partial charge >= 0.3 is 0 Å². The predicted molar refractivity (Wildman–Crippen MR) is 121 cm³/mol. The number of anilines is 2. The highest BCUT2D eigenvalue weighted by Gasteiger charge is 2.16. The largest absolute Gasteiger partial charge is 0.382 e. The molecule has 0 atom stereocenters. The maximum atomic E-state index is 6.26. The van der Waals surface area contributed by atoms with E-state index in [1.54, 1.807) is 0 Å². The van der Waals surface area contributed by atoms with Crippen LogP contribution in [-0.4, -0.2) is 31.3 Å². The number of benzene rings is 2. The van der Waals surface area contributed by atoms with Crippen LogP contribution in [0.1, 0.15) is 26.3 Å². The molecule has 4 rings (SSSR count). The second-order valence-corrected chi connectivity index (χ2v) is 8.45. The Balaban J connectivity index is 1.78. The number of ether oxygens (including phenoxy) is 1. The number of hydrogen-bond acceptors (Lipinski definition) is 4. The maximum absolute atomic E-state index is 6.26. The molecule has 1 saturated heterocycles. The van der Waals surface area contributed by atoms with Crippen molar-refractivity contribution in [2.75, 3.05) is 36.9 Å². The monoisotopic (exact) mass is 385 g/mol. The summed E-state index contributed by atoms with van der Waals surface area (Å²) in [5, 5.41) is 1.08. The molecule has 148 valence electrons. The van der Waals surface area contributed by atoms with Gasteiger partial charge in [0.1, 0.15) is 5.82 Å². The van der Waals surface area contributed by atoms with Gasteiger partial charge in [-0.05, 0) is 56.2 Å². The lowest BCUT2D eigenvalue weighted by Gasteiger charge is -2.29. The highest BCUT2D eigenvalue weighted by Crippen LogP contribution is 2.31. The van der Waals surface area contributed by atoms with E-state index in [2.05, 4.69) is 78.9 Å². The molecule has 2 aromatic carbocycles. The SMILES string of the molecule is CC(C)(C)C#Cc1ccccc1-c1ccc2nc(N)c(N3CCOCC3)cc2c1. The average Bonchev–Trinajstić information content (AvgIpc) is 2.72. The normalized spacial score (nSPS) is 14.5. The van der Waals surface area contributed by atoms with Crippen molar-refractivity contribution in [3.05, 3.63) is 54.1 Å². The molecule has 0 amide bonds. The fraction of sp³-hybridized carbons (Fsp3) is 0.320. The van der Waals surface area contributed by atoms with E-state index >= 15 is 0 Å². The molecule has 3 aromatic rings. The van der Waals surface area contributed by atoms with Gasteiger partial charge in [-0.2, -0.15) is 0 Å². The van der Waals surface area contributed by atoms with Crippen molar-refractivity contribution in [2.24, 2.45) is 5.41 Å². The zero-order valence-electron chi connectivity index (χ0n) is 17.3. The van der Waals surface area contributed by atoms with Crippen molar-refractivity contribution < 1.29 is 4.74 Å². The Morgan fingerprint density at radius 3 is 2.55 bits per heavy atom. The minimum atomic E-state index is -0.0367. The van der Waals surface area contributed by atoms with E-state index in [0.717, 1.165) is 59.6 Å². The standard InChI is InChI=1S/C25H27N3O/c1-25(2,3)11-10-18-6-4-5-7-21(18)19-8-9-22-20(16-19)17-23(24(26)27-22)28-12-14-29-15-13-28/h4-9,16-17H,12-15H2,1-3H3,(H2,26,27). The molecule has 29 heavy (non-hydrogen) atoms. The van der Waals surface area contributed by atoms with Gasteiger partial charge in [0.05, 0.1) is 24.4 Å². The molecule has 0 radical (unpaired) electrons. The number of nitrogens with two attached hydrogens (primary N) is 1. The fourth-order valence-corrected chi connectivity index (χ4v) is 3.50. The van der Waals surface area contributed by atoms with Crippen LogP contribution in [0.5, 0.6) is 0 Å². The van der Waals surface area contributed by atoms with Crippen molar-refractivity contribution >= 4 is 22.4 Å². The Hall–Kier alpha value is -3.03. The zero-order valence-corrected chi connectivity index (χ0v) is 17.3. The van der Waals surface area contributed by atoms with E-state index in [4.69, 9.17) is 10.5 Å². The summed E-state index contributed by atoms with van der Waals surface area (Å²) in [5.74, 6) is 7.28. The highest BCUT2D eigenvalue weighted by atomic mass is 16.5. The van der Waals surface area contributed by atoms with E-state index in [1.165, 1.54) is 0 Å². The van der Waals surface area contributed by atoms with Gasteiger partial charge in [0.25, 0.3) is 0 Å². The molecule has 0 aliphatic carbocycles. The van der Waals surface area contributed by atoms with Crippen molar-refractivity contribution in [1.29, 1.82) is 0 Å². The second kappa shape index (κ2) is 7.77. The first-order valence-electron chi connectivity index (χ1n) is 10.1. The van der Waals surface area contributed by atoms with Gasteiger partial charge in [0.15, 0.2) is 0 Å². The zero-order chi connectivity index (χ0) is 20.4. The number of morpholine rings is 1. The van der Waals surface area contributed by atoms with E-state index in [0.29, 0.717) is 5.82 Å². The third-order valence-electron chi connectivity index (χ3n) is 4.99. The van der Waals surface area contributed by atoms with Crippen LogP contribution >= 0.6 is 0 Å². The minimum absolute atomic E-state index is 0.0367. The van der Waals surface area contributed by atoms with E-state index in [9.17, 15) is 0 Å². The molecule has 4 nitrogen and oxygen atoms in total. The average molecular weight is 386 g/mol. The molecule has 0 spiro atoms. The number of hydrogen-bond donors (Lipinski definition) is 1. The molecule has 0 saturated carbocycles. The smallest absolute Gasteiger partial charge is 0.147 e. The Bertz CT molecular complexity index is 1100. The molecule has 0 unspecified atom stereocenters. The quantitative estimate of drug-likeness (QED) is 0.649. The molecule has 2 heterocycles. The number of rotatable bonds is 2. The molecule has 1 fully saturated rings. The summed E-state index contributed by atoms with van der Waals surface area (Å²) < 4.78 is 5.47. The van der Waals surface area contributed by atoms with E-state index in [-0.39, 0.29) is 5.41 Å². The van der Waals surface area contributed by atoms with Gasteiger partial charge < -0.3 is 15.4 Å². The van der Waals surface area contributed by atoms with Crippen LogP contribution in [0.15, 0.2) is 48.5 Å². The third-order valence-corrected chi connectivity index (χ3v) is 4.99. The molecule has 0 bridgehead atoms. The van der Waals surface area contributed by atoms with E-state index < -0.39 is 0 Å². The van der Waals surface area contributed by atoms with Crippen molar-refractivity contribution in [3.8, 4) is 23.0 Å². The van der Waals surface area contributed by atoms with Crippen LogP contribution in [0.4, 0.5) is 11.5 Å². The number of pyridine rings is 1. The van der Waals surface area contributed by atoms with Crippen molar-refractivity contribution in [2.45, 2.75) is 20.8 Å². The van der Waals surface area contributed by atoms with Gasteiger partial charge in [-0.15, -0.1) is 0 Å². The summed E-state index contributed by atoms with van der Waals surface area (Å²) in [6.07, 6.45) is 0. The number of fused-ring (bicyclic) bond motifs is 1. The summed E-state index contributed by atoms with van der Waals surface area (Å²) in [7, 11) is 0. The molecule has 1 aliphatic heterocycles. The fourth-order valence-electron chi connectivity index (χ4n) is 3.50. The Morgan fingerprint density at radius 2 is 1.79 bits per heavy atom. The lowest BCUT2D eigenvalue weighted by atomic mass is 9.95. The topological polar surface area (TPSA) is 51.4 Å². The Morgan fingerprint density at radius 1 is 1.03 bits per heavy atom. The van der Waals surface area contributed by atoms with Crippen molar-refractivity contribution in [1.82, 2.24) is 4.98 Å². The van der Waals surface area contributed by atoms with Gasteiger partial charge in [0, 0.05) is 29.5 Å². The summed E-state index contributed by atoms with van der Waals surface area (Å²) in [6.45, 7) is 9.49. The van der Waals surface area contributed by atoms with Crippen LogP contribution in [-0.2, 0) is 4.74 Å². The van der Waals surface area contributed by atoms with Gasteiger partial charge in [-0.25, -0.2) is 4.98 Å². The first-order valence-corrected chi connectivity index (χ1v) is 10.1. The predicted octanol–water partition coefficient (Wildman–Crippen LogP) is 4.72. The third kappa shape index (κ3) is 4.36. The Kier molecular flexibility index (Phi) is 5.17. The minimum Gasteiger partial charge on any atom is -0.382 e. The van der Waals surface area contributed by atoms with Crippen LogP contribution < -0.4 is 10.6 Å². The molecular formula is C25H27N3O. The lowest BCUT2D eigenvalue weighted by molar-refractivity contribution is 0.123. The highest BCUT2D eigenvalue weighted by molar-refractivity contribution is 5.90. The summed E-state index contributed by atoms with van der Waals surface area (Å²) >= 11 is 0. The molecule has 2 N–H and O–H groups in total. The van der Waals surface area contributed by atoms with Crippen LogP contribution in [0.3, 0.4) is 0 Å². The van der Waals surface area contributed by atoms with Gasteiger partial charge in [0.2, 0.25) is 0 Å². The molecule has 1 aromatic heterocycles. The first kappa shape index (κ1) is 19.3. The lowest BCUT2D eigenvalue weighted by Crippen LogP contribution is -2.36. The first-order chi connectivity index (χ1) is 13.9.